The number of allylic oxidation sites excluding steroid dienone is 1. The number of hydrogen-bond donors (Lipinski definition) is 1. The Kier molecular flexibility index (Phi) is 4.21. The lowest BCUT2D eigenvalue weighted by Crippen LogP contribution is -1.98. The van der Waals surface area contributed by atoms with Crippen LogP contribution in [0, 0.1) is 11.3 Å². The van der Waals surface area contributed by atoms with Crippen LogP contribution in [0.4, 0.5) is 0 Å². The van der Waals surface area contributed by atoms with Gasteiger partial charge in [0.15, 0.2) is 23.9 Å². The average molecular weight is 321 g/mol. The monoisotopic (exact) mass is 321 g/mol. The van der Waals surface area contributed by atoms with Gasteiger partial charge in [-0.1, -0.05) is 18.2 Å². The van der Waals surface area contributed by atoms with E-state index in [1.807, 2.05) is 6.07 Å². The molecule has 0 aliphatic heterocycles. The molecular weight excluding hydrogens is 306 g/mol. The number of carbonyl (C=O) groups excluding carboxylic acids is 1. The Hall–Kier alpha value is -3.26. The second kappa shape index (κ2) is 6.47. The van der Waals surface area contributed by atoms with E-state index in [1.54, 1.807) is 42.5 Å². The van der Waals surface area contributed by atoms with E-state index in [4.69, 9.17) is 14.7 Å². The highest BCUT2D eigenvalue weighted by molar-refractivity contribution is 6.16. The molecule has 1 N–H and O–H groups in total. The standard InChI is InChI=1S/C19H15NO4/c1-23-18-10-12(5-6-17(18)24-8-7-20)9-13-11-15-14(19(13)22)3-2-4-16(15)21/h2-6,9-10,21H,8,11H2,1H3/b13-9+. The molecule has 0 saturated carbocycles. The molecular formula is C19H15NO4. The molecule has 2 aromatic rings. The van der Waals surface area contributed by atoms with Crippen LogP contribution in [0.1, 0.15) is 21.5 Å². The summed E-state index contributed by atoms with van der Waals surface area (Å²) in [5.41, 5.74) is 2.60. The summed E-state index contributed by atoms with van der Waals surface area (Å²) >= 11 is 0. The van der Waals surface area contributed by atoms with E-state index < -0.39 is 0 Å². The van der Waals surface area contributed by atoms with Crippen LogP contribution in [0.25, 0.3) is 6.08 Å². The maximum absolute atomic E-state index is 12.4. The Labute approximate surface area is 139 Å². The van der Waals surface area contributed by atoms with E-state index in [1.165, 1.54) is 7.11 Å². The number of rotatable bonds is 4. The number of nitrogens with zero attached hydrogens (tertiary/aromatic N) is 1. The number of ketones is 1. The Bertz CT molecular complexity index is 877. The van der Waals surface area contributed by atoms with Gasteiger partial charge in [-0.2, -0.15) is 5.26 Å². The Morgan fingerprint density at radius 2 is 2.12 bits per heavy atom. The molecule has 0 heterocycles. The van der Waals surface area contributed by atoms with Crippen molar-refractivity contribution < 1.29 is 19.4 Å². The molecule has 0 unspecified atom stereocenters. The number of fused-ring (bicyclic) bond motifs is 1. The number of aromatic hydroxyl groups is 1. The van der Waals surface area contributed by atoms with E-state index in [0.717, 1.165) is 5.56 Å². The third-order valence-corrected chi connectivity index (χ3v) is 3.88. The van der Waals surface area contributed by atoms with Crippen LogP contribution in [0.15, 0.2) is 42.0 Å². The fourth-order valence-corrected chi connectivity index (χ4v) is 2.74. The van der Waals surface area contributed by atoms with Gasteiger partial charge in [0, 0.05) is 23.1 Å². The van der Waals surface area contributed by atoms with Gasteiger partial charge in [-0.25, -0.2) is 0 Å². The van der Waals surface area contributed by atoms with Gasteiger partial charge in [-0.05, 0) is 29.8 Å². The summed E-state index contributed by atoms with van der Waals surface area (Å²) in [5, 5.41) is 18.5. The second-order valence-electron chi connectivity index (χ2n) is 5.34. The van der Waals surface area contributed by atoms with Crippen molar-refractivity contribution in [3.8, 4) is 23.3 Å². The molecule has 0 fully saturated rings. The number of hydrogen-bond acceptors (Lipinski definition) is 5. The lowest BCUT2D eigenvalue weighted by atomic mass is 10.1. The largest absolute Gasteiger partial charge is 0.508 e. The zero-order chi connectivity index (χ0) is 17.1. The van der Waals surface area contributed by atoms with Gasteiger partial charge in [0.1, 0.15) is 11.8 Å². The van der Waals surface area contributed by atoms with Gasteiger partial charge in [0.05, 0.1) is 7.11 Å². The fraction of sp³-hybridized carbons (Fsp3) is 0.158. The molecule has 1 aliphatic carbocycles. The molecule has 0 atom stereocenters. The fourth-order valence-electron chi connectivity index (χ4n) is 2.74. The summed E-state index contributed by atoms with van der Waals surface area (Å²) < 4.78 is 10.5. The molecule has 120 valence electrons. The average Bonchev–Trinajstić information content (AvgIpc) is 2.91. The molecule has 0 amide bonds. The topological polar surface area (TPSA) is 79.6 Å². The quantitative estimate of drug-likeness (QED) is 0.875. The first-order chi connectivity index (χ1) is 11.6. The molecule has 3 rings (SSSR count). The zero-order valence-corrected chi connectivity index (χ0v) is 13.1. The van der Waals surface area contributed by atoms with Crippen LogP contribution in [0.5, 0.6) is 17.2 Å². The number of benzene rings is 2. The van der Waals surface area contributed by atoms with Gasteiger partial charge in [0.25, 0.3) is 0 Å². The summed E-state index contributed by atoms with van der Waals surface area (Å²) in [6.45, 7) is -0.0656. The first kappa shape index (κ1) is 15.6. The minimum Gasteiger partial charge on any atom is -0.508 e. The van der Waals surface area contributed by atoms with Gasteiger partial charge in [0.2, 0.25) is 0 Å². The SMILES string of the molecule is COc1cc(/C=C2\Cc3c(O)cccc3C2=O)ccc1OCC#N. The molecule has 0 radical (unpaired) electrons. The van der Waals surface area contributed by atoms with Crippen LogP contribution in [0.3, 0.4) is 0 Å². The van der Waals surface area contributed by atoms with Crippen molar-refractivity contribution in [2.24, 2.45) is 0 Å². The highest BCUT2D eigenvalue weighted by Crippen LogP contribution is 2.35. The van der Waals surface area contributed by atoms with Crippen LogP contribution in [-0.2, 0) is 6.42 Å². The van der Waals surface area contributed by atoms with E-state index >= 15 is 0 Å². The number of phenolic OH excluding ortho intramolecular Hbond substituents is 1. The summed E-state index contributed by atoms with van der Waals surface area (Å²) in [4.78, 5) is 12.4. The molecule has 0 bridgehead atoms. The lowest BCUT2D eigenvalue weighted by Gasteiger charge is -2.09. The van der Waals surface area contributed by atoms with Crippen molar-refractivity contribution in [2.75, 3.05) is 13.7 Å². The molecule has 0 saturated heterocycles. The van der Waals surface area contributed by atoms with Crippen LogP contribution < -0.4 is 9.47 Å². The number of ether oxygens (including phenoxy) is 2. The highest BCUT2D eigenvalue weighted by atomic mass is 16.5. The second-order valence-corrected chi connectivity index (χ2v) is 5.34. The van der Waals surface area contributed by atoms with Gasteiger partial charge in [-0.15, -0.1) is 0 Å². The van der Waals surface area contributed by atoms with Crippen molar-refractivity contribution in [1.29, 1.82) is 5.26 Å². The van der Waals surface area contributed by atoms with Gasteiger partial charge in [-0.3, -0.25) is 4.79 Å². The number of nitriles is 1. The van der Waals surface area contributed by atoms with Gasteiger partial charge >= 0.3 is 0 Å². The minimum absolute atomic E-state index is 0.0656. The predicted molar refractivity (Wildman–Crippen MR) is 88.2 cm³/mol. The van der Waals surface area contributed by atoms with E-state index in [0.29, 0.717) is 34.6 Å². The van der Waals surface area contributed by atoms with Crippen molar-refractivity contribution in [3.63, 3.8) is 0 Å². The smallest absolute Gasteiger partial charge is 0.189 e. The Morgan fingerprint density at radius 3 is 2.83 bits per heavy atom. The van der Waals surface area contributed by atoms with Crippen LogP contribution in [-0.4, -0.2) is 24.6 Å². The maximum Gasteiger partial charge on any atom is 0.189 e. The normalized spacial score (nSPS) is 14.3. The maximum atomic E-state index is 12.4. The first-order valence-electron chi connectivity index (χ1n) is 7.38. The first-order valence-corrected chi connectivity index (χ1v) is 7.38. The molecule has 0 spiro atoms. The van der Waals surface area contributed by atoms with Crippen molar-refractivity contribution in [2.45, 2.75) is 6.42 Å². The molecule has 2 aromatic carbocycles. The van der Waals surface area contributed by atoms with Gasteiger partial charge < -0.3 is 14.6 Å². The van der Waals surface area contributed by atoms with E-state index in [-0.39, 0.29) is 18.1 Å². The third-order valence-electron chi connectivity index (χ3n) is 3.88. The predicted octanol–water partition coefficient (Wildman–Crippen LogP) is 3.13. The van der Waals surface area contributed by atoms with Crippen molar-refractivity contribution >= 4 is 11.9 Å². The molecule has 5 nitrogen and oxygen atoms in total. The third kappa shape index (κ3) is 2.82. The Morgan fingerprint density at radius 1 is 1.29 bits per heavy atom. The highest BCUT2D eigenvalue weighted by Gasteiger charge is 2.26. The van der Waals surface area contributed by atoms with Crippen molar-refractivity contribution in [3.05, 3.63) is 58.7 Å². The summed E-state index contributed by atoms with van der Waals surface area (Å²) in [5.74, 6) is 1.03. The van der Waals surface area contributed by atoms with E-state index in [9.17, 15) is 9.90 Å². The molecule has 5 heteroatoms. The Balaban J connectivity index is 1.92. The number of methoxy groups -OCH3 is 1. The minimum atomic E-state index is -0.0790. The summed E-state index contributed by atoms with van der Waals surface area (Å²) in [6, 6.07) is 12.1. The summed E-state index contributed by atoms with van der Waals surface area (Å²) in [7, 11) is 1.51. The number of carbonyl (C=O) groups is 1. The van der Waals surface area contributed by atoms with Crippen LogP contribution >= 0.6 is 0 Å². The van der Waals surface area contributed by atoms with Crippen molar-refractivity contribution in [1.82, 2.24) is 0 Å². The van der Waals surface area contributed by atoms with Crippen LogP contribution in [0.2, 0.25) is 0 Å². The molecule has 1 aliphatic rings. The molecule has 24 heavy (non-hydrogen) atoms. The molecule has 0 aromatic heterocycles. The number of Topliss-reactive ketones (excluding diaryl/α,β-unsaturated/α-hetero) is 1. The van der Waals surface area contributed by atoms with E-state index in [2.05, 4.69) is 0 Å². The lowest BCUT2D eigenvalue weighted by molar-refractivity contribution is 0.104. The number of phenols is 1. The zero-order valence-electron chi connectivity index (χ0n) is 13.1. The summed E-state index contributed by atoms with van der Waals surface area (Å²) in [6.07, 6.45) is 2.17.